The molecule has 28 heavy (non-hydrogen) atoms. The molecule has 2 aromatic rings. The highest BCUT2D eigenvalue weighted by atomic mass is 127. The molecule has 1 aliphatic heterocycles. The standard InChI is InChI=1S/C23H22INO3/c1-14-11-20-16(12-21(14)28-2)13-22(27)25(18-7-5-17(24)6-8-18)23(20)15-3-9-19(26)10-4-15/h3-7,9-12,18,23,26H,8,13H2,1-2H3. The summed E-state index contributed by atoms with van der Waals surface area (Å²) in [6.45, 7) is 2.03. The lowest BCUT2D eigenvalue weighted by Crippen LogP contribution is -2.46. The van der Waals surface area contributed by atoms with Crippen LogP contribution in [0.1, 0.15) is 34.7 Å². The maximum atomic E-state index is 13.3. The summed E-state index contributed by atoms with van der Waals surface area (Å²) in [7, 11) is 1.66. The Balaban J connectivity index is 1.86. The predicted molar refractivity (Wildman–Crippen MR) is 118 cm³/mol. The summed E-state index contributed by atoms with van der Waals surface area (Å²) in [4.78, 5) is 15.2. The second kappa shape index (κ2) is 7.62. The van der Waals surface area contributed by atoms with Crippen LogP contribution in [-0.2, 0) is 11.2 Å². The van der Waals surface area contributed by atoms with E-state index in [0.29, 0.717) is 6.42 Å². The summed E-state index contributed by atoms with van der Waals surface area (Å²) in [5, 5.41) is 9.74. The zero-order valence-electron chi connectivity index (χ0n) is 15.9. The number of hydrogen-bond acceptors (Lipinski definition) is 3. The molecule has 1 aliphatic carbocycles. The molecule has 0 radical (unpaired) electrons. The lowest BCUT2D eigenvalue weighted by molar-refractivity contribution is -0.134. The number of benzene rings is 2. The van der Waals surface area contributed by atoms with Crippen molar-refractivity contribution in [3.63, 3.8) is 0 Å². The Kier molecular flexibility index (Phi) is 5.19. The molecule has 5 heteroatoms. The van der Waals surface area contributed by atoms with Gasteiger partial charge >= 0.3 is 0 Å². The van der Waals surface area contributed by atoms with Crippen LogP contribution < -0.4 is 4.74 Å². The fourth-order valence-electron chi connectivity index (χ4n) is 4.09. The number of halogens is 1. The summed E-state index contributed by atoms with van der Waals surface area (Å²) in [6, 6.07) is 11.1. The van der Waals surface area contributed by atoms with Gasteiger partial charge in [-0.2, -0.15) is 0 Å². The number of fused-ring (bicyclic) bond motifs is 1. The Morgan fingerprint density at radius 1 is 1.21 bits per heavy atom. The number of nitrogens with zero attached hydrogens (tertiary/aromatic N) is 1. The summed E-state index contributed by atoms with van der Waals surface area (Å²) in [5.41, 5.74) is 4.18. The summed E-state index contributed by atoms with van der Waals surface area (Å²) in [5.74, 6) is 1.13. The molecular formula is C23H22INO3. The second-order valence-electron chi connectivity index (χ2n) is 7.24. The maximum absolute atomic E-state index is 13.3. The molecule has 1 amide bonds. The number of carbonyl (C=O) groups is 1. The fraction of sp³-hybridized carbons (Fsp3) is 0.261. The minimum absolute atomic E-state index is 0.0142. The molecule has 0 bridgehead atoms. The molecular weight excluding hydrogens is 465 g/mol. The Hall–Kier alpha value is -2.28. The number of hydrogen-bond donors (Lipinski definition) is 1. The van der Waals surface area contributed by atoms with Crippen LogP contribution in [0.4, 0.5) is 0 Å². The topological polar surface area (TPSA) is 49.8 Å². The lowest BCUT2D eigenvalue weighted by atomic mass is 9.84. The Labute approximate surface area is 178 Å². The average molecular weight is 487 g/mol. The quantitative estimate of drug-likeness (QED) is 0.632. The number of phenols is 1. The van der Waals surface area contributed by atoms with Gasteiger partial charge in [-0.05, 0) is 82.5 Å². The van der Waals surface area contributed by atoms with E-state index < -0.39 is 0 Å². The van der Waals surface area contributed by atoms with Gasteiger partial charge in [0.25, 0.3) is 0 Å². The minimum Gasteiger partial charge on any atom is -0.508 e. The van der Waals surface area contributed by atoms with Crippen LogP contribution in [0.5, 0.6) is 11.5 Å². The van der Waals surface area contributed by atoms with Crippen LogP contribution in [-0.4, -0.2) is 29.1 Å². The second-order valence-corrected chi connectivity index (χ2v) is 8.49. The van der Waals surface area contributed by atoms with Crippen molar-refractivity contribution in [1.29, 1.82) is 0 Å². The van der Waals surface area contributed by atoms with E-state index in [4.69, 9.17) is 4.74 Å². The van der Waals surface area contributed by atoms with Crippen molar-refractivity contribution in [3.8, 4) is 11.5 Å². The highest BCUT2D eigenvalue weighted by molar-refractivity contribution is 14.1. The van der Waals surface area contributed by atoms with Crippen molar-refractivity contribution in [2.45, 2.75) is 31.8 Å². The molecule has 1 N–H and O–H groups in total. The van der Waals surface area contributed by atoms with Crippen molar-refractivity contribution in [2.24, 2.45) is 0 Å². The van der Waals surface area contributed by atoms with E-state index in [1.54, 1.807) is 19.2 Å². The summed E-state index contributed by atoms with van der Waals surface area (Å²) in [6.07, 6.45) is 7.53. The van der Waals surface area contributed by atoms with E-state index in [-0.39, 0.29) is 23.7 Å². The third-order valence-electron chi connectivity index (χ3n) is 5.46. The van der Waals surface area contributed by atoms with Gasteiger partial charge in [-0.1, -0.05) is 30.4 Å². The molecule has 0 spiro atoms. The average Bonchev–Trinajstić information content (AvgIpc) is 2.69. The molecule has 2 aliphatic rings. The SMILES string of the molecule is COc1cc2c(cc1C)C(c1ccc(O)cc1)N(C1C=CC(I)=CC1)C(=O)C2. The first-order valence-corrected chi connectivity index (χ1v) is 10.4. The van der Waals surface area contributed by atoms with Crippen molar-refractivity contribution in [2.75, 3.05) is 7.11 Å². The molecule has 2 unspecified atom stereocenters. The number of allylic oxidation sites excluding steroid dienone is 2. The summed E-state index contributed by atoms with van der Waals surface area (Å²) >= 11 is 2.30. The molecule has 144 valence electrons. The van der Waals surface area contributed by atoms with E-state index in [1.807, 2.05) is 30.0 Å². The number of methoxy groups -OCH3 is 1. The molecule has 0 saturated carbocycles. The van der Waals surface area contributed by atoms with E-state index in [1.165, 1.54) is 3.58 Å². The van der Waals surface area contributed by atoms with Crippen molar-refractivity contribution < 1.29 is 14.6 Å². The van der Waals surface area contributed by atoms with Crippen molar-refractivity contribution >= 4 is 28.5 Å². The molecule has 2 aromatic carbocycles. The largest absolute Gasteiger partial charge is 0.508 e. The molecule has 4 nitrogen and oxygen atoms in total. The normalized spacial score (nSPS) is 21.3. The molecule has 4 rings (SSSR count). The Morgan fingerprint density at radius 3 is 2.61 bits per heavy atom. The van der Waals surface area contributed by atoms with Crippen LogP contribution in [0.25, 0.3) is 0 Å². The smallest absolute Gasteiger partial charge is 0.228 e. The van der Waals surface area contributed by atoms with Gasteiger partial charge in [0.05, 0.1) is 25.6 Å². The third kappa shape index (κ3) is 3.43. The number of amides is 1. The van der Waals surface area contributed by atoms with Gasteiger partial charge in [0.15, 0.2) is 0 Å². The number of phenolic OH excluding ortho intramolecular Hbond substituents is 1. The zero-order chi connectivity index (χ0) is 19.8. The van der Waals surface area contributed by atoms with Crippen LogP contribution >= 0.6 is 22.6 Å². The van der Waals surface area contributed by atoms with E-state index in [9.17, 15) is 9.90 Å². The highest BCUT2D eigenvalue weighted by Gasteiger charge is 2.37. The van der Waals surface area contributed by atoms with Crippen molar-refractivity contribution in [1.82, 2.24) is 4.90 Å². The maximum Gasteiger partial charge on any atom is 0.228 e. The van der Waals surface area contributed by atoms with E-state index >= 15 is 0 Å². The minimum atomic E-state index is -0.194. The first-order chi connectivity index (χ1) is 13.5. The van der Waals surface area contributed by atoms with Crippen LogP contribution in [0.15, 0.2) is 58.2 Å². The molecule has 0 saturated heterocycles. The predicted octanol–water partition coefficient (Wildman–Crippen LogP) is 4.83. The number of rotatable bonds is 3. The fourth-order valence-corrected chi connectivity index (χ4v) is 4.55. The first kappa shape index (κ1) is 19.1. The van der Waals surface area contributed by atoms with Gasteiger partial charge in [0, 0.05) is 3.58 Å². The van der Waals surface area contributed by atoms with Crippen LogP contribution in [0.3, 0.4) is 0 Å². The Bertz CT molecular complexity index is 978. The van der Waals surface area contributed by atoms with Crippen LogP contribution in [0, 0.1) is 6.92 Å². The first-order valence-electron chi connectivity index (χ1n) is 9.29. The van der Waals surface area contributed by atoms with Gasteiger partial charge in [-0.3, -0.25) is 4.79 Å². The molecule has 0 fully saturated rings. The highest BCUT2D eigenvalue weighted by Crippen LogP contribution is 2.41. The monoisotopic (exact) mass is 487 g/mol. The summed E-state index contributed by atoms with van der Waals surface area (Å²) < 4.78 is 6.68. The molecule has 2 atom stereocenters. The van der Waals surface area contributed by atoms with Gasteiger partial charge < -0.3 is 14.7 Å². The number of aryl methyl sites for hydroxylation is 1. The molecule has 0 aromatic heterocycles. The van der Waals surface area contributed by atoms with Gasteiger partial charge in [-0.15, -0.1) is 0 Å². The number of carbonyl (C=O) groups excluding carboxylic acids is 1. The van der Waals surface area contributed by atoms with Crippen LogP contribution in [0.2, 0.25) is 0 Å². The molecule has 1 heterocycles. The van der Waals surface area contributed by atoms with E-state index in [0.717, 1.165) is 34.4 Å². The van der Waals surface area contributed by atoms with Gasteiger partial charge in [0.2, 0.25) is 5.91 Å². The number of aromatic hydroxyl groups is 1. The number of ether oxygens (including phenoxy) is 1. The Morgan fingerprint density at radius 2 is 1.96 bits per heavy atom. The lowest BCUT2D eigenvalue weighted by Gasteiger charge is -2.42. The van der Waals surface area contributed by atoms with Gasteiger partial charge in [0.1, 0.15) is 11.5 Å². The zero-order valence-corrected chi connectivity index (χ0v) is 18.0. The van der Waals surface area contributed by atoms with Gasteiger partial charge in [-0.25, -0.2) is 0 Å². The van der Waals surface area contributed by atoms with Crippen molar-refractivity contribution in [3.05, 3.63) is 80.5 Å². The van der Waals surface area contributed by atoms with E-state index in [2.05, 4.69) is 46.9 Å². The third-order valence-corrected chi connectivity index (χ3v) is 6.26.